The average Bonchev–Trinajstić information content (AvgIpc) is 2.09. The first kappa shape index (κ1) is 12.2. The first-order valence-corrected chi connectivity index (χ1v) is 6.36. The summed E-state index contributed by atoms with van der Waals surface area (Å²) in [5, 5.41) is 8.76. The Morgan fingerprint density at radius 3 is 2.13 bits per heavy atom. The van der Waals surface area contributed by atoms with Crippen molar-refractivity contribution in [1.29, 1.82) is 0 Å². The predicted molar refractivity (Wildman–Crippen MR) is 51.4 cm³/mol. The molecule has 84 valence electrons. The van der Waals surface area contributed by atoms with Gasteiger partial charge in [0.05, 0.1) is 5.75 Å². The van der Waals surface area contributed by atoms with Crippen molar-refractivity contribution in [3.8, 4) is 5.75 Å². The fraction of sp³-hybridized carbons (Fsp3) is 0.250. The van der Waals surface area contributed by atoms with E-state index >= 15 is 0 Å². The summed E-state index contributed by atoms with van der Waals surface area (Å²) < 4.78 is 46.7. The van der Waals surface area contributed by atoms with Gasteiger partial charge in [-0.1, -0.05) is 0 Å². The van der Waals surface area contributed by atoms with Crippen LogP contribution in [-0.4, -0.2) is 19.3 Å². The molecular weight excluding hydrogens is 250 g/mol. The molecule has 1 N–H and O–H groups in total. The fourth-order valence-corrected chi connectivity index (χ4v) is 1.71. The molecule has 0 aliphatic heterocycles. The standard InChI is InChI=1S/C8H7ClF2O3S/c9-15(13,14)2-1-5-3-6(10)8(12)7(11)4-5/h3-4,12H,1-2H2. The molecule has 0 saturated heterocycles. The van der Waals surface area contributed by atoms with Crippen molar-refractivity contribution in [3.63, 3.8) is 0 Å². The van der Waals surface area contributed by atoms with Crippen LogP contribution in [0.3, 0.4) is 0 Å². The lowest BCUT2D eigenvalue weighted by molar-refractivity contribution is 0.395. The molecule has 0 aliphatic carbocycles. The highest BCUT2D eigenvalue weighted by Gasteiger charge is 2.11. The van der Waals surface area contributed by atoms with Crippen molar-refractivity contribution in [3.05, 3.63) is 29.3 Å². The van der Waals surface area contributed by atoms with Crippen LogP contribution in [-0.2, 0) is 15.5 Å². The molecule has 0 fully saturated rings. The summed E-state index contributed by atoms with van der Waals surface area (Å²) in [5.74, 6) is -3.75. The highest BCUT2D eigenvalue weighted by molar-refractivity contribution is 8.13. The Balaban J connectivity index is 2.89. The lowest BCUT2D eigenvalue weighted by Gasteiger charge is -2.02. The second kappa shape index (κ2) is 4.32. The Morgan fingerprint density at radius 2 is 1.73 bits per heavy atom. The smallest absolute Gasteiger partial charge is 0.232 e. The minimum Gasteiger partial charge on any atom is -0.503 e. The summed E-state index contributed by atoms with van der Waals surface area (Å²) in [7, 11) is 1.24. The largest absolute Gasteiger partial charge is 0.503 e. The van der Waals surface area contributed by atoms with E-state index in [4.69, 9.17) is 15.8 Å². The molecule has 0 bridgehead atoms. The zero-order valence-corrected chi connectivity index (χ0v) is 8.95. The molecule has 1 aromatic rings. The van der Waals surface area contributed by atoms with Crippen LogP contribution in [0.25, 0.3) is 0 Å². The maximum absolute atomic E-state index is 12.8. The van der Waals surface area contributed by atoms with E-state index in [-0.39, 0.29) is 12.0 Å². The van der Waals surface area contributed by atoms with Crippen LogP contribution in [0.4, 0.5) is 8.78 Å². The summed E-state index contributed by atoms with van der Waals surface area (Å²) in [6.07, 6.45) is -0.111. The normalized spacial score (nSPS) is 11.7. The summed E-state index contributed by atoms with van der Waals surface area (Å²) in [6, 6.07) is 1.72. The van der Waals surface area contributed by atoms with Gasteiger partial charge in [0, 0.05) is 10.7 Å². The number of hydrogen-bond acceptors (Lipinski definition) is 3. The number of phenolic OH excluding ortho intramolecular Hbond substituents is 1. The van der Waals surface area contributed by atoms with Gasteiger partial charge in [0.25, 0.3) is 0 Å². The number of hydrogen-bond donors (Lipinski definition) is 1. The van der Waals surface area contributed by atoms with Crippen LogP contribution in [0.1, 0.15) is 5.56 Å². The molecular formula is C8H7ClF2O3S. The third-order valence-corrected chi connectivity index (χ3v) is 2.87. The van der Waals surface area contributed by atoms with E-state index in [1.54, 1.807) is 0 Å². The lowest BCUT2D eigenvalue weighted by Crippen LogP contribution is -2.02. The van der Waals surface area contributed by atoms with E-state index in [0.717, 1.165) is 12.1 Å². The van der Waals surface area contributed by atoms with Gasteiger partial charge in [0.2, 0.25) is 9.05 Å². The highest BCUT2D eigenvalue weighted by atomic mass is 35.7. The van der Waals surface area contributed by atoms with Crippen molar-refractivity contribution < 1.29 is 22.3 Å². The van der Waals surface area contributed by atoms with Gasteiger partial charge in [-0.25, -0.2) is 17.2 Å². The SMILES string of the molecule is O=S(=O)(Cl)CCc1cc(F)c(O)c(F)c1. The molecule has 3 nitrogen and oxygen atoms in total. The zero-order valence-electron chi connectivity index (χ0n) is 7.37. The van der Waals surface area contributed by atoms with Crippen molar-refractivity contribution >= 4 is 19.7 Å². The van der Waals surface area contributed by atoms with Gasteiger partial charge in [-0.2, -0.15) is 0 Å². The summed E-state index contributed by atoms with van der Waals surface area (Å²) in [4.78, 5) is 0. The van der Waals surface area contributed by atoms with E-state index in [0.29, 0.717) is 0 Å². The molecule has 0 atom stereocenters. The molecule has 1 aromatic carbocycles. The van der Waals surface area contributed by atoms with E-state index in [2.05, 4.69) is 0 Å². The summed E-state index contributed by atoms with van der Waals surface area (Å²) >= 11 is 0. The van der Waals surface area contributed by atoms with Crippen molar-refractivity contribution in [2.45, 2.75) is 6.42 Å². The molecule has 0 unspecified atom stereocenters. The fourth-order valence-electron chi connectivity index (χ4n) is 1.00. The monoisotopic (exact) mass is 256 g/mol. The maximum Gasteiger partial charge on any atom is 0.232 e. The Bertz CT molecular complexity index is 450. The first-order valence-electron chi connectivity index (χ1n) is 3.89. The van der Waals surface area contributed by atoms with Crippen LogP contribution < -0.4 is 0 Å². The van der Waals surface area contributed by atoms with Crippen molar-refractivity contribution in [2.75, 3.05) is 5.75 Å². The second-order valence-electron chi connectivity index (χ2n) is 2.90. The van der Waals surface area contributed by atoms with Gasteiger partial charge in [-0.05, 0) is 24.1 Å². The molecule has 0 radical (unpaired) electrons. The van der Waals surface area contributed by atoms with Gasteiger partial charge in [-0.15, -0.1) is 0 Å². The zero-order chi connectivity index (χ0) is 11.6. The van der Waals surface area contributed by atoms with Gasteiger partial charge in [-0.3, -0.25) is 0 Å². The maximum atomic E-state index is 12.8. The third-order valence-electron chi connectivity index (χ3n) is 1.71. The minimum atomic E-state index is -3.69. The lowest BCUT2D eigenvalue weighted by atomic mass is 10.1. The number of phenols is 1. The summed E-state index contributed by atoms with van der Waals surface area (Å²) in [6.45, 7) is 0. The highest BCUT2D eigenvalue weighted by Crippen LogP contribution is 2.21. The van der Waals surface area contributed by atoms with Gasteiger partial charge < -0.3 is 5.11 Å². The van der Waals surface area contributed by atoms with Crippen LogP contribution in [0.15, 0.2) is 12.1 Å². The molecule has 0 aliphatic rings. The molecule has 1 rings (SSSR count). The van der Waals surface area contributed by atoms with Crippen molar-refractivity contribution in [1.82, 2.24) is 0 Å². The molecule has 0 saturated carbocycles. The Kier molecular flexibility index (Phi) is 3.51. The minimum absolute atomic E-state index is 0.111. The van der Waals surface area contributed by atoms with Gasteiger partial charge in [0.15, 0.2) is 17.4 Å². The number of aryl methyl sites for hydroxylation is 1. The Hall–Kier alpha value is -0.880. The van der Waals surface area contributed by atoms with Gasteiger partial charge in [0.1, 0.15) is 0 Å². The molecule has 0 aromatic heterocycles. The Morgan fingerprint density at radius 1 is 1.27 bits per heavy atom. The van der Waals surface area contributed by atoms with E-state index in [9.17, 15) is 17.2 Å². The average molecular weight is 257 g/mol. The van der Waals surface area contributed by atoms with Crippen LogP contribution in [0.2, 0.25) is 0 Å². The topological polar surface area (TPSA) is 54.4 Å². The second-order valence-corrected chi connectivity index (χ2v) is 5.80. The quantitative estimate of drug-likeness (QED) is 0.839. The van der Waals surface area contributed by atoms with Crippen LogP contribution >= 0.6 is 10.7 Å². The number of benzene rings is 1. The summed E-state index contributed by atoms with van der Waals surface area (Å²) in [5.41, 5.74) is 0.118. The van der Waals surface area contributed by atoms with Crippen LogP contribution in [0, 0.1) is 11.6 Å². The third kappa shape index (κ3) is 3.64. The van der Waals surface area contributed by atoms with E-state index in [1.807, 2.05) is 0 Å². The van der Waals surface area contributed by atoms with Crippen LogP contribution in [0.5, 0.6) is 5.75 Å². The molecule has 0 heterocycles. The predicted octanol–water partition coefficient (Wildman–Crippen LogP) is 1.78. The van der Waals surface area contributed by atoms with E-state index in [1.165, 1.54) is 0 Å². The number of rotatable bonds is 3. The molecule has 7 heteroatoms. The number of aromatic hydroxyl groups is 1. The van der Waals surface area contributed by atoms with E-state index < -0.39 is 32.2 Å². The molecule has 0 amide bonds. The molecule has 0 spiro atoms. The van der Waals surface area contributed by atoms with Gasteiger partial charge >= 0.3 is 0 Å². The Labute approximate surface area is 89.7 Å². The first-order chi connectivity index (χ1) is 6.79. The molecule has 15 heavy (non-hydrogen) atoms. The van der Waals surface area contributed by atoms with Crippen molar-refractivity contribution in [2.24, 2.45) is 0 Å². The number of halogens is 3.